The number of rotatable bonds is 6. The highest BCUT2D eigenvalue weighted by Crippen LogP contribution is 1.98. The molecule has 0 saturated heterocycles. The van der Waals surface area contributed by atoms with Crippen LogP contribution in [0.15, 0.2) is 4.52 Å². The molecule has 0 aliphatic rings. The van der Waals surface area contributed by atoms with Gasteiger partial charge in [-0.1, -0.05) is 19.0 Å². The van der Waals surface area contributed by atoms with Crippen LogP contribution in [-0.2, 0) is 12.8 Å². The molecular weight excluding hydrogens is 178 g/mol. The molecule has 0 saturated carbocycles. The van der Waals surface area contributed by atoms with Crippen LogP contribution in [0.5, 0.6) is 0 Å². The van der Waals surface area contributed by atoms with Crippen molar-refractivity contribution in [1.29, 1.82) is 0 Å². The molecule has 0 spiro atoms. The first kappa shape index (κ1) is 11.2. The molecule has 1 atom stereocenters. The summed E-state index contributed by atoms with van der Waals surface area (Å²) in [4.78, 5) is 4.23. The lowest BCUT2D eigenvalue weighted by Gasteiger charge is -2.08. The van der Waals surface area contributed by atoms with E-state index < -0.39 is 0 Å². The Morgan fingerprint density at radius 2 is 2.21 bits per heavy atom. The Balaban J connectivity index is 2.24. The van der Waals surface area contributed by atoms with Gasteiger partial charge < -0.3 is 9.84 Å². The third-order valence-corrected chi connectivity index (χ3v) is 2.27. The van der Waals surface area contributed by atoms with E-state index in [-0.39, 0.29) is 0 Å². The Morgan fingerprint density at radius 1 is 1.43 bits per heavy atom. The van der Waals surface area contributed by atoms with Gasteiger partial charge in [-0.15, -0.1) is 0 Å². The lowest BCUT2D eigenvalue weighted by molar-refractivity contribution is 0.375. The molecule has 1 unspecified atom stereocenters. The highest BCUT2D eigenvalue weighted by Gasteiger charge is 2.04. The quantitative estimate of drug-likeness (QED) is 0.752. The summed E-state index contributed by atoms with van der Waals surface area (Å²) in [7, 11) is 0. The van der Waals surface area contributed by atoms with Crippen molar-refractivity contribution in [2.24, 2.45) is 0 Å². The molecule has 4 nitrogen and oxygen atoms in total. The number of nitrogens with one attached hydrogen (secondary N) is 1. The number of aryl methyl sites for hydroxylation is 1. The van der Waals surface area contributed by atoms with E-state index in [9.17, 15) is 0 Å². The Morgan fingerprint density at radius 3 is 2.79 bits per heavy atom. The maximum atomic E-state index is 5.01. The minimum atomic E-state index is 0.563. The van der Waals surface area contributed by atoms with Gasteiger partial charge in [0.25, 0.3) is 0 Å². The Labute approximate surface area is 85.1 Å². The number of aromatic nitrogens is 2. The summed E-state index contributed by atoms with van der Waals surface area (Å²) < 4.78 is 5.01. The first-order valence-corrected chi connectivity index (χ1v) is 5.31. The van der Waals surface area contributed by atoms with Crippen molar-refractivity contribution in [2.75, 3.05) is 6.54 Å². The van der Waals surface area contributed by atoms with Crippen LogP contribution in [0, 0.1) is 0 Å². The summed E-state index contributed by atoms with van der Waals surface area (Å²) in [6, 6.07) is 0.563. The number of nitrogens with zero attached hydrogens (tertiary/aromatic N) is 2. The molecule has 1 aromatic rings. The SMILES string of the molecule is CCc1nc(CCNC(C)CC)no1. The molecule has 0 fully saturated rings. The van der Waals surface area contributed by atoms with E-state index in [0.29, 0.717) is 6.04 Å². The largest absolute Gasteiger partial charge is 0.339 e. The van der Waals surface area contributed by atoms with Gasteiger partial charge in [-0.3, -0.25) is 0 Å². The Bertz CT molecular complexity index is 260. The predicted octanol–water partition coefficient (Wildman–Crippen LogP) is 1.56. The van der Waals surface area contributed by atoms with Gasteiger partial charge in [0.15, 0.2) is 5.82 Å². The van der Waals surface area contributed by atoms with E-state index in [1.807, 2.05) is 6.92 Å². The van der Waals surface area contributed by atoms with E-state index in [2.05, 4.69) is 29.3 Å². The first-order chi connectivity index (χ1) is 6.76. The van der Waals surface area contributed by atoms with Crippen molar-refractivity contribution in [3.63, 3.8) is 0 Å². The number of hydrogen-bond donors (Lipinski definition) is 1. The molecule has 1 heterocycles. The molecule has 0 aliphatic carbocycles. The summed E-state index contributed by atoms with van der Waals surface area (Å²) in [5.74, 6) is 1.53. The minimum Gasteiger partial charge on any atom is -0.339 e. The van der Waals surface area contributed by atoms with Crippen LogP contribution in [0.4, 0.5) is 0 Å². The topological polar surface area (TPSA) is 51.0 Å². The summed E-state index contributed by atoms with van der Waals surface area (Å²) in [5.41, 5.74) is 0. The van der Waals surface area contributed by atoms with Crippen LogP contribution in [-0.4, -0.2) is 22.7 Å². The fourth-order valence-corrected chi connectivity index (χ4v) is 1.11. The van der Waals surface area contributed by atoms with Crippen LogP contribution in [0.2, 0.25) is 0 Å². The molecule has 0 aromatic carbocycles. The van der Waals surface area contributed by atoms with Gasteiger partial charge in [-0.25, -0.2) is 0 Å². The fraction of sp³-hybridized carbons (Fsp3) is 0.800. The standard InChI is InChI=1S/C10H19N3O/c1-4-8(3)11-7-6-9-12-10(5-2)14-13-9/h8,11H,4-7H2,1-3H3. The molecule has 0 amide bonds. The van der Waals surface area contributed by atoms with E-state index in [1.54, 1.807) is 0 Å². The van der Waals surface area contributed by atoms with E-state index in [4.69, 9.17) is 4.52 Å². The van der Waals surface area contributed by atoms with Gasteiger partial charge in [0.2, 0.25) is 5.89 Å². The van der Waals surface area contributed by atoms with Gasteiger partial charge in [0.1, 0.15) is 0 Å². The fourth-order valence-electron chi connectivity index (χ4n) is 1.11. The zero-order valence-electron chi connectivity index (χ0n) is 9.21. The maximum absolute atomic E-state index is 5.01. The molecule has 1 aromatic heterocycles. The molecule has 0 radical (unpaired) electrons. The van der Waals surface area contributed by atoms with Crippen LogP contribution in [0.1, 0.15) is 38.9 Å². The third-order valence-electron chi connectivity index (χ3n) is 2.27. The second-order valence-electron chi connectivity index (χ2n) is 3.47. The van der Waals surface area contributed by atoms with Crippen molar-refractivity contribution in [2.45, 2.75) is 46.1 Å². The highest BCUT2D eigenvalue weighted by atomic mass is 16.5. The number of hydrogen-bond acceptors (Lipinski definition) is 4. The zero-order valence-corrected chi connectivity index (χ0v) is 9.21. The van der Waals surface area contributed by atoms with Gasteiger partial charge in [0, 0.05) is 25.4 Å². The van der Waals surface area contributed by atoms with Gasteiger partial charge in [-0.2, -0.15) is 4.98 Å². The zero-order chi connectivity index (χ0) is 10.4. The van der Waals surface area contributed by atoms with Crippen LogP contribution < -0.4 is 5.32 Å². The van der Waals surface area contributed by atoms with Crippen LogP contribution >= 0.6 is 0 Å². The molecule has 80 valence electrons. The Kier molecular flexibility index (Phi) is 4.59. The molecule has 1 N–H and O–H groups in total. The van der Waals surface area contributed by atoms with Crippen molar-refractivity contribution in [3.05, 3.63) is 11.7 Å². The van der Waals surface area contributed by atoms with Gasteiger partial charge in [0.05, 0.1) is 0 Å². The summed E-state index contributed by atoms with van der Waals surface area (Å²) in [6.07, 6.45) is 2.80. The lowest BCUT2D eigenvalue weighted by atomic mass is 10.2. The van der Waals surface area contributed by atoms with Crippen molar-refractivity contribution in [3.8, 4) is 0 Å². The molecule has 0 bridgehead atoms. The lowest BCUT2D eigenvalue weighted by Crippen LogP contribution is -2.27. The van der Waals surface area contributed by atoms with E-state index in [1.165, 1.54) is 0 Å². The van der Waals surface area contributed by atoms with Crippen LogP contribution in [0.25, 0.3) is 0 Å². The molecule has 1 rings (SSSR count). The smallest absolute Gasteiger partial charge is 0.226 e. The normalized spacial score (nSPS) is 13.1. The second-order valence-corrected chi connectivity index (χ2v) is 3.47. The summed E-state index contributed by atoms with van der Waals surface area (Å²) >= 11 is 0. The van der Waals surface area contributed by atoms with Gasteiger partial charge in [-0.05, 0) is 13.3 Å². The van der Waals surface area contributed by atoms with Crippen molar-refractivity contribution in [1.82, 2.24) is 15.5 Å². The highest BCUT2D eigenvalue weighted by molar-refractivity contribution is 4.86. The second kappa shape index (κ2) is 5.75. The third kappa shape index (κ3) is 3.46. The molecule has 14 heavy (non-hydrogen) atoms. The minimum absolute atomic E-state index is 0.563. The molecular formula is C10H19N3O. The van der Waals surface area contributed by atoms with Crippen LogP contribution in [0.3, 0.4) is 0 Å². The van der Waals surface area contributed by atoms with Crippen molar-refractivity contribution < 1.29 is 4.52 Å². The van der Waals surface area contributed by atoms with E-state index >= 15 is 0 Å². The average Bonchev–Trinajstić information content (AvgIpc) is 2.65. The Hall–Kier alpha value is -0.900. The van der Waals surface area contributed by atoms with E-state index in [0.717, 1.165) is 37.5 Å². The predicted molar refractivity (Wildman–Crippen MR) is 55.1 cm³/mol. The monoisotopic (exact) mass is 197 g/mol. The summed E-state index contributed by atoms with van der Waals surface area (Å²) in [6.45, 7) is 7.27. The summed E-state index contributed by atoms with van der Waals surface area (Å²) in [5, 5.41) is 7.27. The molecule has 4 heteroatoms. The maximum Gasteiger partial charge on any atom is 0.226 e. The molecule has 0 aliphatic heterocycles. The van der Waals surface area contributed by atoms with Crippen molar-refractivity contribution >= 4 is 0 Å². The average molecular weight is 197 g/mol. The van der Waals surface area contributed by atoms with Gasteiger partial charge >= 0.3 is 0 Å². The first-order valence-electron chi connectivity index (χ1n) is 5.31.